The molecule has 0 unspecified atom stereocenters. The van der Waals surface area contributed by atoms with Crippen molar-refractivity contribution in [3.63, 3.8) is 0 Å². The van der Waals surface area contributed by atoms with Crippen LogP contribution in [0.15, 0.2) is 231 Å². The number of hydrogen-bond acceptors (Lipinski definition) is 1. The molecule has 0 N–H and O–H groups in total. The van der Waals surface area contributed by atoms with Gasteiger partial charge in [-0.05, 0) is 102 Å². The van der Waals surface area contributed by atoms with Gasteiger partial charge in [0.05, 0.1) is 22.2 Å². The standard InChI is InChI=1S/C61H38N2/c1-3-17-42(18-4-1)60-55-37-54-47-22-13-14-29-56(47)63(45-20-5-2-6-21-45)57(54)38-53(55)52-28-15-27-46(61(52)62-60)40-31-33-41(34-32-40)58-48-23-9-11-25-50(48)59(51-26-12-10-24-49(51)58)44-35-30-39-16-7-8-19-43(39)36-44/h1-38H. The van der Waals surface area contributed by atoms with Crippen LogP contribution in [0.25, 0.3) is 126 Å². The molecule has 0 spiro atoms. The summed E-state index contributed by atoms with van der Waals surface area (Å²) < 4.78 is 2.41. The summed E-state index contributed by atoms with van der Waals surface area (Å²) in [7, 11) is 0. The first-order valence-corrected chi connectivity index (χ1v) is 21.7. The Balaban J connectivity index is 1.02. The van der Waals surface area contributed by atoms with E-state index in [1.54, 1.807) is 0 Å². The molecule has 0 atom stereocenters. The van der Waals surface area contributed by atoms with Gasteiger partial charge in [-0.3, -0.25) is 0 Å². The highest BCUT2D eigenvalue weighted by atomic mass is 15.0. The maximum absolute atomic E-state index is 5.61. The molecule has 2 aromatic heterocycles. The molecular weight excluding hydrogens is 761 g/mol. The van der Waals surface area contributed by atoms with Crippen molar-refractivity contribution < 1.29 is 0 Å². The molecule has 0 radical (unpaired) electrons. The zero-order chi connectivity index (χ0) is 41.4. The van der Waals surface area contributed by atoms with Gasteiger partial charge >= 0.3 is 0 Å². The van der Waals surface area contributed by atoms with Crippen molar-refractivity contribution in [2.45, 2.75) is 0 Å². The summed E-state index contributed by atoms with van der Waals surface area (Å²) in [6.07, 6.45) is 0. The van der Waals surface area contributed by atoms with Gasteiger partial charge in [-0.1, -0.05) is 194 Å². The van der Waals surface area contributed by atoms with E-state index in [2.05, 4.69) is 235 Å². The second kappa shape index (κ2) is 14.1. The highest BCUT2D eigenvalue weighted by molar-refractivity contribution is 6.23. The van der Waals surface area contributed by atoms with Gasteiger partial charge in [-0.2, -0.15) is 0 Å². The molecule has 63 heavy (non-hydrogen) atoms. The van der Waals surface area contributed by atoms with Gasteiger partial charge in [0.1, 0.15) is 0 Å². The zero-order valence-corrected chi connectivity index (χ0v) is 34.3. The van der Waals surface area contributed by atoms with E-state index in [0.717, 1.165) is 44.4 Å². The minimum atomic E-state index is 0.991. The van der Waals surface area contributed by atoms with E-state index in [9.17, 15) is 0 Å². The number of para-hydroxylation sites is 3. The summed E-state index contributed by atoms with van der Waals surface area (Å²) >= 11 is 0. The lowest BCUT2D eigenvalue weighted by Gasteiger charge is -2.18. The van der Waals surface area contributed by atoms with Crippen molar-refractivity contribution in [3.8, 4) is 50.3 Å². The minimum absolute atomic E-state index is 0.991. The Kier molecular flexibility index (Phi) is 7.94. The summed E-state index contributed by atoms with van der Waals surface area (Å²) in [5.41, 5.74) is 13.8. The molecule has 13 rings (SSSR count). The molecule has 0 bridgehead atoms. The van der Waals surface area contributed by atoms with E-state index < -0.39 is 0 Å². The first-order chi connectivity index (χ1) is 31.3. The fourth-order valence-electron chi connectivity index (χ4n) is 10.3. The second-order valence-corrected chi connectivity index (χ2v) is 16.6. The van der Waals surface area contributed by atoms with Crippen molar-refractivity contribution in [1.29, 1.82) is 0 Å². The molecular formula is C61H38N2. The predicted octanol–water partition coefficient (Wildman–Crippen LogP) is 16.6. The minimum Gasteiger partial charge on any atom is -0.309 e. The number of benzene rings is 11. The lowest BCUT2D eigenvalue weighted by molar-refractivity contribution is 1.18. The Morgan fingerprint density at radius 2 is 0.841 bits per heavy atom. The Bertz CT molecular complexity index is 3880. The van der Waals surface area contributed by atoms with Gasteiger partial charge in [0, 0.05) is 38.4 Å². The number of hydrogen-bond donors (Lipinski definition) is 0. The highest BCUT2D eigenvalue weighted by Gasteiger charge is 2.20. The molecule has 0 saturated heterocycles. The largest absolute Gasteiger partial charge is 0.309 e. The fraction of sp³-hybridized carbons (Fsp3) is 0. The summed E-state index contributed by atoms with van der Waals surface area (Å²) in [6, 6.07) is 84.1. The Hall–Kier alpha value is -8.33. The van der Waals surface area contributed by atoms with Crippen molar-refractivity contribution in [2.24, 2.45) is 0 Å². The lowest BCUT2D eigenvalue weighted by atomic mass is 9.85. The summed E-state index contributed by atoms with van der Waals surface area (Å²) in [6.45, 7) is 0. The third kappa shape index (κ3) is 5.55. The van der Waals surface area contributed by atoms with Gasteiger partial charge in [-0.25, -0.2) is 4.98 Å². The van der Waals surface area contributed by atoms with Gasteiger partial charge in [0.15, 0.2) is 0 Å². The van der Waals surface area contributed by atoms with Gasteiger partial charge in [0.2, 0.25) is 0 Å². The van der Waals surface area contributed by atoms with E-state index >= 15 is 0 Å². The van der Waals surface area contributed by atoms with E-state index in [1.165, 1.54) is 81.8 Å². The van der Waals surface area contributed by atoms with Crippen LogP contribution in [0.5, 0.6) is 0 Å². The molecule has 0 amide bonds. The smallest absolute Gasteiger partial charge is 0.0794 e. The Morgan fingerprint density at radius 3 is 1.56 bits per heavy atom. The lowest BCUT2D eigenvalue weighted by Crippen LogP contribution is -1.95. The fourth-order valence-corrected chi connectivity index (χ4v) is 10.3. The van der Waals surface area contributed by atoms with Crippen LogP contribution in [0.1, 0.15) is 0 Å². The van der Waals surface area contributed by atoms with Gasteiger partial charge in [-0.15, -0.1) is 0 Å². The molecule has 2 heterocycles. The van der Waals surface area contributed by atoms with E-state index in [-0.39, 0.29) is 0 Å². The quantitative estimate of drug-likeness (QED) is 0.125. The highest BCUT2D eigenvalue weighted by Crippen LogP contribution is 2.46. The normalized spacial score (nSPS) is 11.8. The first kappa shape index (κ1) is 35.4. The van der Waals surface area contributed by atoms with Crippen LogP contribution in [0.4, 0.5) is 0 Å². The molecule has 0 aliphatic rings. The molecule has 292 valence electrons. The summed E-state index contributed by atoms with van der Waals surface area (Å²) in [5.74, 6) is 0. The van der Waals surface area contributed by atoms with Crippen LogP contribution in [0, 0.1) is 0 Å². The first-order valence-electron chi connectivity index (χ1n) is 21.7. The third-order valence-electron chi connectivity index (χ3n) is 13.1. The number of nitrogens with zero attached hydrogens (tertiary/aromatic N) is 2. The predicted molar refractivity (Wildman–Crippen MR) is 268 cm³/mol. The SMILES string of the molecule is c1ccc(-c2nc3c(-c4ccc(-c5c6ccccc6c(-c6ccc7ccccc7c6)c6ccccc56)cc4)cccc3c3cc4c(cc23)c2ccccc2n4-c2ccccc2)cc1. The summed E-state index contributed by atoms with van der Waals surface area (Å²) in [4.78, 5) is 5.61. The maximum Gasteiger partial charge on any atom is 0.0794 e. The molecule has 0 fully saturated rings. The zero-order valence-electron chi connectivity index (χ0n) is 34.3. The van der Waals surface area contributed by atoms with Crippen LogP contribution >= 0.6 is 0 Å². The average Bonchev–Trinajstić information content (AvgIpc) is 3.68. The van der Waals surface area contributed by atoms with Crippen LogP contribution in [-0.2, 0) is 0 Å². The van der Waals surface area contributed by atoms with Crippen molar-refractivity contribution in [2.75, 3.05) is 0 Å². The molecule has 0 saturated carbocycles. The van der Waals surface area contributed by atoms with Crippen LogP contribution in [0.2, 0.25) is 0 Å². The molecule has 0 aliphatic carbocycles. The number of fused-ring (bicyclic) bond motifs is 9. The van der Waals surface area contributed by atoms with E-state index in [0.29, 0.717) is 0 Å². The van der Waals surface area contributed by atoms with Gasteiger partial charge < -0.3 is 4.57 Å². The molecule has 0 aliphatic heterocycles. The second-order valence-electron chi connectivity index (χ2n) is 16.6. The third-order valence-corrected chi connectivity index (χ3v) is 13.1. The van der Waals surface area contributed by atoms with Crippen molar-refractivity contribution >= 4 is 75.8 Å². The Morgan fingerprint density at radius 1 is 0.286 bits per heavy atom. The van der Waals surface area contributed by atoms with E-state index in [1.807, 2.05) is 0 Å². The number of pyridine rings is 1. The Labute approximate surface area is 364 Å². The summed E-state index contributed by atoms with van der Waals surface area (Å²) in [5, 5.41) is 13.4. The van der Waals surface area contributed by atoms with Crippen molar-refractivity contribution in [3.05, 3.63) is 231 Å². The van der Waals surface area contributed by atoms with Crippen molar-refractivity contribution in [1.82, 2.24) is 9.55 Å². The molecule has 2 heteroatoms. The molecule has 2 nitrogen and oxygen atoms in total. The number of aromatic nitrogens is 2. The topological polar surface area (TPSA) is 17.8 Å². The number of rotatable bonds is 5. The van der Waals surface area contributed by atoms with Crippen LogP contribution in [-0.4, -0.2) is 9.55 Å². The van der Waals surface area contributed by atoms with Crippen LogP contribution in [0.3, 0.4) is 0 Å². The molecule has 11 aromatic carbocycles. The monoisotopic (exact) mass is 798 g/mol. The van der Waals surface area contributed by atoms with E-state index in [4.69, 9.17) is 4.98 Å². The van der Waals surface area contributed by atoms with Crippen LogP contribution < -0.4 is 0 Å². The average molecular weight is 799 g/mol. The van der Waals surface area contributed by atoms with Gasteiger partial charge in [0.25, 0.3) is 0 Å². The molecule has 13 aromatic rings. The maximum atomic E-state index is 5.61.